The first-order valence-electron chi connectivity index (χ1n) is 3.81. The molecule has 8 heteroatoms. The lowest BCUT2D eigenvalue weighted by Gasteiger charge is -1.88. The molecule has 0 bridgehead atoms. The number of fused-ring (bicyclic) bond motifs is 1. The van der Waals surface area contributed by atoms with E-state index < -0.39 is 15.8 Å². The number of nitrogens with zero attached hydrogens (tertiary/aromatic N) is 1. The number of carbonyl (C=O) groups is 1. The number of sulfone groups is 1. The summed E-state index contributed by atoms with van der Waals surface area (Å²) in [6.07, 6.45) is 1.04. The molecule has 2 heterocycles. The van der Waals surface area contributed by atoms with Gasteiger partial charge in [-0.1, -0.05) is 0 Å². The number of rotatable bonds is 2. The fourth-order valence-corrected chi connectivity index (χ4v) is 2.51. The lowest BCUT2D eigenvalue weighted by Crippen LogP contribution is -1.99. The molecule has 0 saturated carbocycles. The highest BCUT2D eigenvalue weighted by Gasteiger charge is 2.16. The maximum Gasteiger partial charge on any atom is 0.346 e. The fraction of sp³-hybridized carbons (Fsp3) is 0.143. The topological polar surface area (TPSA) is 100 Å². The van der Waals surface area contributed by atoms with Crippen LogP contribution in [0, 0.1) is 0 Å². The number of aromatic carboxylic acids is 1. The van der Waals surface area contributed by atoms with Gasteiger partial charge in [-0.2, -0.15) is 0 Å². The number of aromatic amines is 1. The van der Waals surface area contributed by atoms with Gasteiger partial charge in [0.15, 0.2) is 0 Å². The minimum atomic E-state index is -3.38. The normalized spacial score (nSPS) is 12.1. The van der Waals surface area contributed by atoms with Gasteiger partial charge in [0.25, 0.3) is 0 Å². The van der Waals surface area contributed by atoms with Crippen LogP contribution in [0.5, 0.6) is 0 Å². The standard InChI is InChI=1S/C7H6N2O4S2/c1-15(12,13)7-8-3-2-4(6(10)11)14-5(3)9-7/h2H,1H3,(H,8,9)(H,10,11). The molecule has 80 valence electrons. The lowest BCUT2D eigenvalue weighted by atomic mass is 10.4. The van der Waals surface area contributed by atoms with Crippen molar-refractivity contribution in [3.8, 4) is 0 Å². The average Bonchev–Trinajstić information content (AvgIpc) is 2.55. The van der Waals surface area contributed by atoms with Crippen molar-refractivity contribution in [2.45, 2.75) is 5.16 Å². The van der Waals surface area contributed by atoms with Gasteiger partial charge in [-0.05, 0) is 6.07 Å². The Hall–Kier alpha value is -1.41. The molecule has 6 nitrogen and oxygen atoms in total. The molecule has 0 aliphatic rings. The summed E-state index contributed by atoms with van der Waals surface area (Å²) in [4.78, 5) is 17.5. The second-order valence-corrected chi connectivity index (χ2v) is 5.91. The smallest absolute Gasteiger partial charge is 0.346 e. The summed E-state index contributed by atoms with van der Waals surface area (Å²) < 4.78 is 22.2. The predicted octanol–water partition coefficient (Wildman–Crippen LogP) is 0.726. The van der Waals surface area contributed by atoms with Gasteiger partial charge in [0, 0.05) is 6.26 Å². The Morgan fingerprint density at radius 2 is 2.27 bits per heavy atom. The number of H-pyrrole nitrogens is 1. The molecule has 0 amide bonds. The van der Waals surface area contributed by atoms with Crippen molar-refractivity contribution in [2.75, 3.05) is 6.26 Å². The highest BCUT2D eigenvalue weighted by atomic mass is 32.2. The Bertz CT molecular complexity index is 606. The Morgan fingerprint density at radius 1 is 1.60 bits per heavy atom. The first-order valence-corrected chi connectivity index (χ1v) is 6.51. The van der Waals surface area contributed by atoms with Gasteiger partial charge in [-0.25, -0.2) is 18.2 Å². The van der Waals surface area contributed by atoms with E-state index in [2.05, 4.69) is 9.97 Å². The van der Waals surface area contributed by atoms with Gasteiger partial charge in [-0.15, -0.1) is 11.3 Å². The zero-order valence-corrected chi connectivity index (χ0v) is 9.15. The number of imidazole rings is 1. The molecular formula is C7H6N2O4S2. The zero-order valence-electron chi connectivity index (χ0n) is 7.51. The second kappa shape index (κ2) is 3.04. The lowest BCUT2D eigenvalue weighted by molar-refractivity contribution is 0.0702. The van der Waals surface area contributed by atoms with Crippen LogP contribution in [0.1, 0.15) is 9.67 Å². The molecule has 0 unspecified atom stereocenters. The van der Waals surface area contributed by atoms with Crippen molar-refractivity contribution in [1.82, 2.24) is 9.97 Å². The summed E-state index contributed by atoms with van der Waals surface area (Å²) in [5, 5.41) is 8.55. The van der Waals surface area contributed by atoms with Gasteiger partial charge in [-0.3, -0.25) is 0 Å². The van der Waals surface area contributed by atoms with E-state index in [4.69, 9.17) is 5.11 Å². The van der Waals surface area contributed by atoms with Crippen LogP contribution in [0.3, 0.4) is 0 Å². The minimum Gasteiger partial charge on any atom is -0.477 e. The van der Waals surface area contributed by atoms with Crippen LogP contribution in [-0.4, -0.2) is 35.7 Å². The third-order valence-electron chi connectivity index (χ3n) is 1.72. The van der Waals surface area contributed by atoms with Gasteiger partial charge in [0.1, 0.15) is 9.71 Å². The molecule has 2 rings (SSSR count). The van der Waals surface area contributed by atoms with E-state index in [9.17, 15) is 13.2 Å². The number of thiophene rings is 1. The van der Waals surface area contributed by atoms with E-state index in [0.29, 0.717) is 10.3 Å². The van der Waals surface area contributed by atoms with Crippen LogP contribution in [0.15, 0.2) is 11.2 Å². The van der Waals surface area contributed by atoms with Crippen molar-refractivity contribution in [3.05, 3.63) is 10.9 Å². The molecular weight excluding hydrogens is 240 g/mol. The maximum atomic E-state index is 11.1. The molecule has 0 atom stereocenters. The summed E-state index contributed by atoms with van der Waals surface area (Å²) >= 11 is 0.936. The van der Waals surface area contributed by atoms with Crippen LogP contribution in [-0.2, 0) is 9.84 Å². The first-order chi connectivity index (χ1) is 6.88. The van der Waals surface area contributed by atoms with E-state index in [1.54, 1.807) is 0 Å². The number of hydrogen-bond donors (Lipinski definition) is 2. The van der Waals surface area contributed by atoms with Crippen molar-refractivity contribution in [2.24, 2.45) is 0 Å². The van der Waals surface area contributed by atoms with Crippen LogP contribution in [0.25, 0.3) is 10.3 Å². The molecule has 0 aliphatic carbocycles. The summed E-state index contributed by atoms with van der Waals surface area (Å²) in [6, 6.07) is 1.37. The molecule has 2 aromatic rings. The predicted molar refractivity (Wildman–Crippen MR) is 54.0 cm³/mol. The highest BCUT2D eigenvalue weighted by Crippen LogP contribution is 2.24. The van der Waals surface area contributed by atoms with Crippen molar-refractivity contribution in [1.29, 1.82) is 0 Å². The number of nitrogens with one attached hydrogen (secondary N) is 1. The number of carboxylic acids is 1. The van der Waals surface area contributed by atoms with Gasteiger partial charge < -0.3 is 10.1 Å². The van der Waals surface area contributed by atoms with Crippen LogP contribution in [0.4, 0.5) is 0 Å². The van der Waals surface area contributed by atoms with E-state index in [1.807, 2.05) is 0 Å². The van der Waals surface area contributed by atoms with Gasteiger partial charge in [0.2, 0.25) is 15.0 Å². The monoisotopic (exact) mass is 246 g/mol. The van der Waals surface area contributed by atoms with Crippen molar-refractivity contribution >= 4 is 37.5 Å². The summed E-state index contributed by atoms with van der Waals surface area (Å²) in [5.74, 6) is -1.05. The molecule has 2 N–H and O–H groups in total. The van der Waals surface area contributed by atoms with E-state index in [0.717, 1.165) is 17.6 Å². The van der Waals surface area contributed by atoms with Crippen molar-refractivity contribution < 1.29 is 18.3 Å². The second-order valence-electron chi connectivity index (χ2n) is 2.95. The number of aromatic nitrogens is 2. The minimum absolute atomic E-state index is 0.129. The highest BCUT2D eigenvalue weighted by molar-refractivity contribution is 7.90. The van der Waals surface area contributed by atoms with Crippen LogP contribution in [0.2, 0.25) is 0 Å². The molecule has 0 saturated heterocycles. The Labute approximate surface area is 88.5 Å². The summed E-state index contributed by atoms with van der Waals surface area (Å²) in [6.45, 7) is 0. The van der Waals surface area contributed by atoms with Gasteiger partial charge in [0.05, 0.1) is 5.52 Å². The SMILES string of the molecule is CS(=O)(=O)c1nc2sc(C(=O)O)cc2[nH]1. The van der Waals surface area contributed by atoms with Crippen molar-refractivity contribution in [3.63, 3.8) is 0 Å². The molecule has 2 aromatic heterocycles. The average molecular weight is 246 g/mol. The van der Waals surface area contributed by atoms with E-state index in [-0.39, 0.29) is 10.0 Å². The first kappa shape index (κ1) is 10.1. The van der Waals surface area contributed by atoms with Crippen LogP contribution >= 0.6 is 11.3 Å². The number of hydrogen-bond acceptors (Lipinski definition) is 5. The quantitative estimate of drug-likeness (QED) is 0.813. The molecule has 0 aromatic carbocycles. The molecule has 15 heavy (non-hydrogen) atoms. The summed E-state index contributed by atoms with van der Waals surface area (Å²) in [7, 11) is -3.38. The largest absolute Gasteiger partial charge is 0.477 e. The third-order valence-corrected chi connectivity index (χ3v) is 3.63. The molecule has 0 fully saturated rings. The Balaban J connectivity index is 2.62. The van der Waals surface area contributed by atoms with E-state index in [1.165, 1.54) is 6.07 Å². The van der Waals surface area contributed by atoms with E-state index >= 15 is 0 Å². The van der Waals surface area contributed by atoms with Gasteiger partial charge >= 0.3 is 5.97 Å². The maximum absolute atomic E-state index is 11.1. The third kappa shape index (κ3) is 1.73. The molecule has 0 radical (unpaired) electrons. The summed E-state index contributed by atoms with van der Waals surface area (Å²) in [5.41, 5.74) is 0.429. The molecule has 0 aliphatic heterocycles. The zero-order chi connectivity index (χ0) is 11.2. The fourth-order valence-electron chi connectivity index (χ4n) is 1.07. The van der Waals surface area contributed by atoms with Crippen LogP contribution < -0.4 is 0 Å². The molecule has 0 spiro atoms. The Kier molecular flexibility index (Phi) is 2.05. The Morgan fingerprint density at radius 3 is 2.73 bits per heavy atom. The number of carboxylic acid groups (broad SMARTS) is 1.